The first-order valence-corrected chi connectivity index (χ1v) is 7.03. The summed E-state index contributed by atoms with van der Waals surface area (Å²) in [5, 5.41) is 10.1. The quantitative estimate of drug-likeness (QED) is 0.708. The van der Waals surface area contributed by atoms with Crippen molar-refractivity contribution in [2.24, 2.45) is 0 Å². The SMILES string of the molecule is COCC(C)OCC(O)COc1ccc(C(C)=O)cc1Cl. The topological polar surface area (TPSA) is 65.0 Å². The van der Waals surface area contributed by atoms with E-state index in [4.69, 9.17) is 25.8 Å². The third kappa shape index (κ3) is 6.44. The maximum atomic E-state index is 11.2. The molecular weight excluding hydrogens is 296 g/mol. The molecule has 0 saturated carbocycles. The molecule has 0 bridgehead atoms. The molecule has 1 aromatic rings. The van der Waals surface area contributed by atoms with E-state index in [1.54, 1.807) is 25.3 Å². The van der Waals surface area contributed by atoms with E-state index in [1.807, 2.05) is 6.92 Å². The molecule has 0 aliphatic heterocycles. The number of aliphatic hydroxyl groups is 1. The van der Waals surface area contributed by atoms with Crippen molar-refractivity contribution in [1.82, 2.24) is 0 Å². The van der Waals surface area contributed by atoms with Crippen LogP contribution in [0.4, 0.5) is 0 Å². The van der Waals surface area contributed by atoms with Crippen molar-refractivity contribution < 1.29 is 24.1 Å². The molecule has 118 valence electrons. The van der Waals surface area contributed by atoms with E-state index < -0.39 is 6.10 Å². The van der Waals surface area contributed by atoms with Crippen LogP contribution in [0.25, 0.3) is 0 Å². The largest absolute Gasteiger partial charge is 0.489 e. The number of ketones is 1. The average Bonchev–Trinajstić information content (AvgIpc) is 2.44. The Morgan fingerprint density at radius 1 is 1.33 bits per heavy atom. The highest BCUT2D eigenvalue weighted by molar-refractivity contribution is 6.32. The van der Waals surface area contributed by atoms with Gasteiger partial charge < -0.3 is 19.3 Å². The summed E-state index contributed by atoms with van der Waals surface area (Å²) in [4.78, 5) is 11.2. The van der Waals surface area contributed by atoms with Gasteiger partial charge in [0.05, 0.1) is 24.3 Å². The molecule has 5 nitrogen and oxygen atoms in total. The third-order valence-corrected chi connectivity index (χ3v) is 3.04. The van der Waals surface area contributed by atoms with Crippen molar-refractivity contribution in [1.29, 1.82) is 0 Å². The molecule has 0 aliphatic carbocycles. The minimum Gasteiger partial charge on any atom is -0.489 e. The first-order valence-electron chi connectivity index (χ1n) is 6.66. The van der Waals surface area contributed by atoms with E-state index >= 15 is 0 Å². The second kappa shape index (κ2) is 9.00. The molecule has 21 heavy (non-hydrogen) atoms. The van der Waals surface area contributed by atoms with Crippen molar-refractivity contribution in [3.8, 4) is 5.75 Å². The molecule has 0 fully saturated rings. The predicted molar refractivity (Wildman–Crippen MR) is 80.2 cm³/mol. The molecule has 1 aromatic carbocycles. The Morgan fingerprint density at radius 3 is 2.62 bits per heavy atom. The van der Waals surface area contributed by atoms with Crippen molar-refractivity contribution in [2.75, 3.05) is 26.9 Å². The first-order chi connectivity index (χ1) is 9.93. The van der Waals surface area contributed by atoms with E-state index in [1.165, 1.54) is 6.92 Å². The molecule has 0 radical (unpaired) electrons. The molecule has 1 N–H and O–H groups in total. The fourth-order valence-corrected chi connectivity index (χ4v) is 1.86. The molecule has 0 aromatic heterocycles. The minimum atomic E-state index is -0.771. The van der Waals surface area contributed by atoms with Crippen LogP contribution in [0.15, 0.2) is 18.2 Å². The normalized spacial score (nSPS) is 13.8. The van der Waals surface area contributed by atoms with Crippen LogP contribution in [0.3, 0.4) is 0 Å². The minimum absolute atomic E-state index is 0.0544. The molecule has 0 spiro atoms. The lowest BCUT2D eigenvalue weighted by molar-refractivity contribution is -0.0422. The average molecular weight is 317 g/mol. The van der Waals surface area contributed by atoms with Gasteiger partial charge in [-0.05, 0) is 32.0 Å². The molecule has 6 heteroatoms. The highest BCUT2D eigenvalue weighted by Crippen LogP contribution is 2.25. The van der Waals surface area contributed by atoms with Gasteiger partial charge in [0, 0.05) is 12.7 Å². The fraction of sp³-hybridized carbons (Fsp3) is 0.533. The number of carbonyl (C=O) groups excluding carboxylic acids is 1. The van der Waals surface area contributed by atoms with Crippen LogP contribution < -0.4 is 4.74 Å². The summed E-state index contributed by atoms with van der Waals surface area (Å²) < 4.78 is 15.7. The Morgan fingerprint density at radius 2 is 2.05 bits per heavy atom. The van der Waals surface area contributed by atoms with Gasteiger partial charge in [-0.1, -0.05) is 11.6 Å². The van der Waals surface area contributed by atoms with Gasteiger partial charge in [-0.2, -0.15) is 0 Å². The summed E-state index contributed by atoms with van der Waals surface area (Å²) in [5.74, 6) is 0.356. The molecule has 0 saturated heterocycles. The zero-order valence-electron chi connectivity index (χ0n) is 12.5. The smallest absolute Gasteiger partial charge is 0.159 e. The number of hydrogen-bond acceptors (Lipinski definition) is 5. The van der Waals surface area contributed by atoms with Crippen LogP contribution >= 0.6 is 11.6 Å². The maximum absolute atomic E-state index is 11.2. The van der Waals surface area contributed by atoms with Gasteiger partial charge in [0.15, 0.2) is 5.78 Å². The van der Waals surface area contributed by atoms with E-state index in [-0.39, 0.29) is 25.1 Å². The maximum Gasteiger partial charge on any atom is 0.159 e. The van der Waals surface area contributed by atoms with Crippen LogP contribution in [-0.2, 0) is 9.47 Å². The van der Waals surface area contributed by atoms with Gasteiger partial charge >= 0.3 is 0 Å². The lowest BCUT2D eigenvalue weighted by Crippen LogP contribution is -2.27. The number of hydrogen-bond donors (Lipinski definition) is 1. The van der Waals surface area contributed by atoms with Crippen LogP contribution in [0, 0.1) is 0 Å². The van der Waals surface area contributed by atoms with Gasteiger partial charge in [0.25, 0.3) is 0 Å². The Labute approximate surface area is 129 Å². The van der Waals surface area contributed by atoms with E-state index in [9.17, 15) is 9.90 Å². The molecule has 0 heterocycles. The van der Waals surface area contributed by atoms with E-state index in [2.05, 4.69) is 0 Å². The number of aliphatic hydroxyl groups excluding tert-OH is 1. The highest BCUT2D eigenvalue weighted by atomic mass is 35.5. The number of Topliss-reactive ketones (excluding diaryl/α,β-unsaturated/α-hetero) is 1. The van der Waals surface area contributed by atoms with Crippen LogP contribution in [0.5, 0.6) is 5.75 Å². The van der Waals surface area contributed by atoms with Gasteiger partial charge in [-0.15, -0.1) is 0 Å². The predicted octanol–water partition coefficient (Wildman–Crippen LogP) is 2.33. The number of benzene rings is 1. The van der Waals surface area contributed by atoms with E-state index in [0.717, 1.165) is 0 Å². The van der Waals surface area contributed by atoms with Gasteiger partial charge in [-0.3, -0.25) is 4.79 Å². The summed E-state index contributed by atoms with van der Waals surface area (Å²) in [6.45, 7) is 3.99. The van der Waals surface area contributed by atoms with Crippen molar-refractivity contribution in [2.45, 2.75) is 26.1 Å². The Balaban J connectivity index is 2.42. The molecule has 1 rings (SSSR count). The summed E-state index contributed by atoms with van der Waals surface area (Å²) in [6, 6.07) is 4.79. The summed E-state index contributed by atoms with van der Waals surface area (Å²) in [7, 11) is 1.59. The molecule has 0 aliphatic rings. The van der Waals surface area contributed by atoms with Crippen LogP contribution in [0.2, 0.25) is 5.02 Å². The zero-order chi connectivity index (χ0) is 15.8. The van der Waals surface area contributed by atoms with E-state index in [0.29, 0.717) is 22.9 Å². The lowest BCUT2D eigenvalue weighted by Gasteiger charge is -2.17. The molecule has 2 unspecified atom stereocenters. The Bertz CT molecular complexity index is 463. The second-order valence-electron chi connectivity index (χ2n) is 4.77. The first kappa shape index (κ1) is 17.9. The molecule has 0 amide bonds. The third-order valence-electron chi connectivity index (χ3n) is 2.74. The summed E-state index contributed by atoms with van der Waals surface area (Å²) in [5.41, 5.74) is 0.518. The van der Waals surface area contributed by atoms with Crippen molar-refractivity contribution in [3.05, 3.63) is 28.8 Å². The summed E-state index contributed by atoms with van der Waals surface area (Å²) >= 11 is 6.02. The van der Waals surface area contributed by atoms with Crippen LogP contribution in [0.1, 0.15) is 24.2 Å². The Kier molecular flexibility index (Phi) is 7.67. The molecule has 2 atom stereocenters. The monoisotopic (exact) mass is 316 g/mol. The zero-order valence-corrected chi connectivity index (χ0v) is 13.2. The Hall–Kier alpha value is -1.14. The lowest BCUT2D eigenvalue weighted by atomic mass is 10.1. The second-order valence-corrected chi connectivity index (χ2v) is 5.17. The van der Waals surface area contributed by atoms with Crippen molar-refractivity contribution in [3.63, 3.8) is 0 Å². The number of carbonyl (C=O) groups is 1. The number of rotatable bonds is 9. The van der Waals surface area contributed by atoms with Crippen LogP contribution in [-0.4, -0.2) is 50.0 Å². The summed E-state index contributed by atoms with van der Waals surface area (Å²) in [6.07, 6.45) is -0.865. The van der Waals surface area contributed by atoms with Gasteiger partial charge in [0.2, 0.25) is 0 Å². The number of ether oxygens (including phenoxy) is 3. The number of methoxy groups -OCH3 is 1. The highest BCUT2D eigenvalue weighted by Gasteiger charge is 2.11. The molecular formula is C15H21ClO5. The standard InChI is InChI=1S/C15H21ClO5/c1-10(7-19-3)20-8-13(18)9-21-15-5-4-12(11(2)17)6-14(15)16/h4-6,10,13,18H,7-9H2,1-3H3. The van der Waals surface area contributed by atoms with Crippen molar-refractivity contribution >= 4 is 17.4 Å². The van der Waals surface area contributed by atoms with Gasteiger partial charge in [0.1, 0.15) is 18.5 Å². The number of halogens is 1. The fourth-order valence-electron chi connectivity index (χ4n) is 1.63. The van der Waals surface area contributed by atoms with Gasteiger partial charge in [-0.25, -0.2) is 0 Å².